The Kier molecular flexibility index (Phi) is 3.99. The van der Waals surface area contributed by atoms with E-state index in [1.165, 1.54) is 6.07 Å². The van der Waals surface area contributed by atoms with Crippen molar-refractivity contribution >= 4 is 5.91 Å². The Hall–Kier alpha value is -1.97. The first kappa shape index (κ1) is 15.6. The summed E-state index contributed by atoms with van der Waals surface area (Å²) >= 11 is 0. The first-order valence-electron chi connectivity index (χ1n) is 8.50. The van der Waals surface area contributed by atoms with Gasteiger partial charge in [0.05, 0.1) is 17.6 Å². The number of benzene rings is 1. The summed E-state index contributed by atoms with van der Waals surface area (Å²) in [7, 11) is 0. The molecule has 3 aliphatic rings. The quantitative estimate of drug-likeness (QED) is 0.910. The summed E-state index contributed by atoms with van der Waals surface area (Å²) in [6, 6.07) is 7.09. The van der Waals surface area contributed by atoms with Crippen LogP contribution >= 0.6 is 0 Å². The van der Waals surface area contributed by atoms with Crippen LogP contribution in [0.4, 0.5) is 4.39 Å². The number of fused-ring (bicyclic) bond motifs is 1. The fourth-order valence-electron chi connectivity index (χ4n) is 3.81. The highest BCUT2D eigenvalue weighted by molar-refractivity contribution is 5.80. The first-order valence-corrected chi connectivity index (χ1v) is 8.50. The van der Waals surface area contributed by atoms with Crippen LogP contribution in [0.1, 0.15) is 30.4 Å². The van der Waals surface area contributed by atoms with E-state index >= 15 is 0 Å². The summed E-state index contributed by atoms with van der Waals surface area (Å²) in [6.45, 7) is 1.92. The van der Waals surface area contributed by atoms with Crippen LogP contribution in [0.25, 0.3) is 0 Å². The Morgan fingerprint density at radius 1 is 1.42 bits per heavy atom. The Labute approximate surface area is 140 Å². The average molecular weight is 329 g/mol. The zero-order valence-corrected chi connectivity index (χ0v) is 13.4. The summed E-state index contributed by atoms with van der Waals surface area (Å²) in [5, 5.41) is 12.1. The molecule has 0 radical (unpaired) electrons. The summed E-state index contributed by atoms with van der Waals surface area (Å²) < 4.78 is 19.3. The van der Waals surface area contributed by atoms with Gasteiger partial charge in [-0.25, -0.2) is 4.39 Å². The molecule has 1 aromatic carbocycles. The average Bonchev–Trinajstić information content (AvgIpc) is 3.13. The normalized spacial score (nSPS) is 29.2. The number of amides is 1. The molecule has 2 heterocycles. The van der Waals surface area contributed by atoms with Crippen LogP contribution in [0.3, 0.4) is 0 Å². The maximum Gasteiger partial charge on any atom is 0.227 e. The molecule has 3 fully saturated rings. The van der Waals surface area contributed by atoms with Crippen molar-refractivity contribution < 1.29 is 13.9 Å². The molecule has 24 heavy (non-hydrogen) atoms. The second-order valence-corrected chi connectivity index (χ2v) is 6.94. The van der Waals surface area contributed by atoms with Crippen molar-refractivity contribution in [1.82, 2.24) is 10.2 Å². The van der Waals surface area contributed by atoms with E-state index in [1.54, 1.807) is 12.1 Å². The van der Waals surface area contributed by atoms with Crippen molar-refractivity contribution in [3.63, 3.8) is 0 Å². The number of rotatable bonds is 4. The van der Waals surface area contributed by atoms with Crippen molar-refractivity contribution in [2.45, 2.75) is 44.0 Å². The highest BCUT2D eigenvalue weighted by atomic mass is 19.1. The molecule has 1 aromatic rings. The fraction of sp³-hybridized carbons (Fsp3) is 0.556. The summed E-state index contributed by atoms with van der Waals surface area (Å²) in [4.78, 5) is 14.7. The molecule has 0 aromatic heterocycles. The maximum atomic E-state index is 13.5. The lowest BCUT2D eigenvalue weighted by Gasteiger charge is -2.22. The minimum absolute atomic E-state index is 0.0559. The number of likely N-dealkylation sites (tertiary alicyclic amines) is 1. The van der Waals surface area contributed by atoms with Crippen LogP contribution in [0, 0.1) is 23.1 Å². The Morgan fingerprint density at radius 2 is 2.25 bits per heavy atom. The molecule has 2 saturated heterocycles. The van der Waals surface area contributed by atoms with E-state index in [0.29, 0.717) is 25.7 Å². The van der Waals surface area contributed by atoms with E-state index < -0.39 is 5.82 Å². The summed E-state index contributed by atoms with van der Waals surface area (Å²) in [5.74, 6) is -0.547. The van der Waals surface area contributed by atoms with Crippen molar-refractivity contribution in [3.05, 3.63) is 35.1 Å². The number of nitriles is 1. The van der Waals surface area contributed by atoms with Crippen molar-refractivity contribution in [2.24, 2.45) is 5.92 Å². The molecular formula is C18H20FN3O2. The molecule has 0 bridgehead atoms. The van der Waals surface area contributed by atoms with Crippen molar-refractivity contribution in [2.75, 3.05) is 13.2 Å². The predicted octanol–water partition coefficient (Wildman–Crippen LogP) is 1.57. The van der Waals surface area contributed by atoms with Gasteiger partial charge in [-0.3, -0.25) is 9.69 Å². The second-order valence-electron chi connectivity index (χ2n) is 6.94. The smallest absolute Gasteiger partial charge is 0.227 e. The van der Waals surface area contributed by atoms with E-state index in [9.17, 15) is 9.18 Å². The number of nitrogens with zero attached hydrogens (tertiary/aromatic N) is 2. The van der Waals surface area contributed by atoms with Gasteiger partial charge in [0.1, 0.15) is 11.9 Å². The van der Waals surface area contributed by atoms with E-state index in [1.807, 2.05) is 6.07 Å². The molecule has 1 saturated carbocycles. The highest BCUT2D eigenvalue weighted by Gasteiger charge is 2.49. The standard InChI is InChI=1S/C18H20FN3O2/c19-15-4-1-11(7-12(15)8-20)9-22-10-14(17-16(22)5-6-24-17)18(23)21-13-2-3-13/h1,4,7,13-14,16-17H,2-3,5-6,9-10H2,(H,21,23)/t14-,16+,17+/m0/s1. The second kappa shape index (κ2) is 6.15. The van der Waals surface area contributed by atoms with Gasteiger partial charge >= 0.3 is 0 Å². The van der Waals surface area contributed by atoms with Gasteiger partial charge in [0, 0.05) is 31.8 Å². The van der Waals surface area contributed by atoms with Crippen LogP contribution in [0.2, 0.25) is 0 Å². The molecule has 2 aliphatic heterocycles. The number of halogens is 1. The van der Waals surface area contributed by atoms with E-state index in [2.05, 4.69) is 10.2 Å². The largest absolute Gasteiger partial charge is 0.376 e. The van der Waals surface area contributed by atoms with Gasteiger partial charge in [-0.2, -0.15) is 5.26 Å². The molecule has 126 valence electrons. The summed E-state index contributed by atoms with van der Waals surface area (Å²) in [5.41, 5.74) is 0.954. The molecule has 5 nitrogen and oxygen atoms in total. The molecule has 1 aliphatic carbocycles. The van der Waals surface area contributed by atoms with Crippen LogP contribution in [-0.2, 0) is 16.1 Å². The lowest BCUT2D eigenvalue weighted by Crippen LogP contribution is -2.39. The third-order valence-electron chi connectivity index (χ3n) is 5.20. The lowest BCUT2D eigenvalue weighted by atomic mass is 10.0. The molecule has 0 spiro atoms. The zero-order valence-electron chi connectivity index (χ0n) is 13.4. The number of hydrogen-bond acceptors (Lipinski definition) is 4. The van der Waals surface area contributed by atoms with Crippen molar-refractivity contribution in [3.8, 4) is 6.07 Å². The Balaban J connectivity index is 1.49. The third kappa shape index (κ3) is 2.90. The molecule has 3 atom stereocenters. The Morgan fingerprint density at radius 3 is 3.00 bits per heavy atom. The third-order valence-corrected chi connectivity index (χ3v) is 5.20. The lowest BCUT2D eigenvalue weighted by molar-refractivity contribution is -0.127. The predicted molar refractivity (Wildman–Crippen MR) is 84.3 cm³/mol. The first-order chi connectivity index (χ1) is 11.7. The number of hydrogen-bond donors (Lipinski definition) is 1. The van der Waals surface area contributed by atoms with Gasteiger partial charge in [-0.1, -0.05) is 6.07 Å². The van der Waals surface area contributed by atoms with Gasteiger partial charge in [0.15, 0.2) is 0 Å². The monoisotopic (exact) mass is 329 g/mol. The van der Waals surface area contributed by atoms with Gasteiger partial charge in [0.25, 0.3) is 0 Å². The molecule has 0 unspecified atom stereocenters. The molecule has 6 heteroatoms. The van der Waals surface area contributed by atoms with E-state index in [4.69, 9.17) is 10.00 Å². The van der Waals surface area contributed by atoms with Crippen LogP contribution in [0.15, 0.2) is 18.2 Å². The molecule has 1 N–H and O–H groups in total. The van der Waals surface area contributed by atoms with Gasteiger partial charge in [0.2, 0.25) is 5.91 Å². The summed E-state index contributed by atoms with van der Waals surface area (Å²) in [6.07, 6.45) is 3.00. The molecule has 4 rings (SSSR count). The molecular weight excluding hydrogens is 309 g/mol. The van der Waals surface area contributed by atoms with Gasteiger partial charge in [-0.05, 0) is 37.0 Å². The van der Waals surface area contributed by atoms with E-state index in [-0.39, 0.29) is 29.5 Å². The van der Waals surface area contributed by atoms with Crippen LogP contribution in [-0.4, -0.2) is 42.1 Å². The van der Waals surface area contributed by atoms with Crippen molar-refractivity contribution in [1.29, 1.82) is 5.26 Å². The highest BCUT2D eigenvalue weighted by Crippen LogP contribution is 2.35. The SMILES string of the molecule is N#Cc1cc(CN2C[C@H](C(=O)NC3CC3)[C@H]3OCC[C@H]32)ccc1F. The number of carbonyl (C=O) groups is 1. The Bertz CT molecular complexity index is 698. The maximum absolute atomic E-state index is 13.5. The minimum atomic E-state index is -0.494. The number of nitrogens with one attached hydrogen (secondary N) is 1. The van der Waals surface area contributed by atoms with E-state index in [0.717, 1.165) is 24.8 Å². The fourth-order valence-corrected chi connectivity index (χ4v) is 3.81. The zero-order chi connectivity index (χ0) is 16.7. The minimum Gasteiger partial charge on any atom is -0.376 e. The van der Waals surface area contributed by atoms with Crippen LogP contribution < -0.4 is 5.32 Å². The van der Waals surface area contributed by atoms with Gasteiger partial charge < -0.3 is 10.1 Å². The van der Waals surface area contributed by atoms with Gasteiger partial charge in [-0.15, -0.1) is 0 Å². The topological polar surface area (TPSA) is 65.4 Å². The van der Waals surface area contributed by atoms with Crippen LogP contribution in [0.5, 0.6) is 0 Å². The number of ether oxygens (including phenoxy) is 1. The molecule has 1 amide bonds. The number of carbonyl (C=O) groups excluding carboxylic acids is 1.